The minimum atomic E-state index is -0.0215. The van der Waals surface area contributed by atoms with Crippen molar-refractivity contribution in [3.8, 4) is 0 Å². The van der Waals surface area contributed by atoms with Gasteiger partial charge in [-0.15, -0.1) is 0 Å². The molecule has 0 aromatic heterocycles. The number of carbonyl (C=O) groups is 1. The molecule has 0 spiro atoms. The first kappa shape index (κ1) is 13.0. The molecule has 18 heavy (non-hydrogen) atoms. The zero-order valence-corrected chi connectivity index (χ0v) is 11.9. The summed E-state index contributed by atoms with van der Waals surface area (Å²) in [5, 5.41) is 0.766. The molecule has 5 heteroatoms. The molecule has 1 fully saturated rings. The highest BCUT2D eigenvalue weighted by Crippen LogP contribution is 2.30. The first-order valence-corrected chi connectivity index (χ1v) is 6.76. The lowest BCUT2D eigenvalue weighted by Crippen LogP contribution is -2.48. The molecular formula is C13H17N3OS. The first-order valence-electron chi connectivity index (χ1n) is 5.77. The Hall–Kier alpha value is -1.49. The summed E-state index contributed by atoms with van der Waals surface area (Å²) in [7, 11) is 3.47. The summed E-state index contributed by atoms with van der Waals surface area (Å²) in [6.45, 7) is 4.06. The molecule has 0 saturated carbocycles. The van der Waals surface area contributed by atoms with E-state index in [4.69, 9.17) is 0 Å². The van der Waals surface area contributed by atoms with Crippen LogP contribution in [0.3, 0.4) is 0 Å². The standard InChI is InChI=1S/C13H17N3OS/c1-9-6-5-7-10(2)11(9)16-8-18-12(14-3)15(4)13(16)17/h5-7H,8H2,1-4H3. The number of rotatable bonds is 1. The fourth-order valence-electron chi connectivity index (χ4n) is 2.14. The number of para-hydroxylation sites is 1. The van der Waals surface area contributed by atoms with Crippen molar-refractivity contribution in [3.05, 3.63) is 29.3 Å². The highest BCUT2D eigenvalue weighted by molar-refractivity contribution is 8.14. The van der Waals surface area contributed by atoms with Crippen molar-refractivity contribution >= 4 is 28.6 Å². The molecule has 1 saturated heterocycles. The molecular weight excluding hydrogens is 246 g/mol. The quantitative estimate of drug-likeness (QED) is 0.781. The van der Waals surface area contributed by atoms with Crippen LogP contribution in [0.5, 0.6) is 0 Å². The molecule has 2 rings (SSSR count). The van der Waals surface area contributed by atoms with Crippen molar-refractivity contribution in [2.45, 2.75) is 13.8 Å². The van der Waals surface area contributed by atoms with E-state index in [2.05, 4.69) is 4.99 Å². The number of amides is 2. The number of anilines is 1. The summed E-state index contributed by atoms with van der Waals surface area (Å²) in [5.74, 6) is 0.613. The van der Waals surface area contributed by atoms with E-state index in [1.807, 2.05) is 36.9 Å². The number of urea groups is 1. The number of nitrogens with zero attached hydrogens (tertiary/aromatic N) is 3. The van der Waals surface area contributed by atoms with Crippen LogP contribution in [0.4, 0.5) is 10.5 Å². The summed E-state index contributed by atoms with van der Waals surface area (Å²) in [5.41, 5.74) is 3.25. The van der Waals surface area contributed by atoms with E-state index in [9.17, 15) is 4.79 Å². The van der Waals surface area contributed by atoms with E-state index in [0.29, 0.717) is 5.88 Å². The average Bonchev–Trinajstić information content (AvgIpc) is 2.34. The molecule has 0 radical (unpaired) electrons. The molecule has 0 unspecified atom stereocenters. The summed E-state index contributed by atoms with van der Waals surface area (Å²) in [4.78, 5) is 19.9. The van der Waals surface area contributed by atoms with Gasteiger partial charge in [0.15, 0.2) is 5.17 Å². The summed E-state index contributed by atoms with van der Waals surface area (Å²) >= 11 is 1.58. The number of aryl methyl sites for hydroxylation is 2. The van der Waals surface area contributed by atoms with E-state index in [-0.39, 0.29) is 6.03 Å². The van der Waals surface area contributed by atoms with Gasteiger partial charge in [-0.05, 0) is 25.0 Å². The van der Waals surface area contributed by atoms with Crippen LogP contribution in [-0.2, 0) is 0 Å². The molecule has 1 aliphatic heterocycles. The van der Waals surface area contributed by atoms with E-state index in [1.165, 1.54) is 0 Å². The largest absolute Gasteiger partial charge is 0.331 e. The molecule has 0 bridgehead atoms. The van der Waals surface area contributed by atoms with Crippen molar-refractivity contribution in [2.75, 3.05) is 24.9 Å². The third kappa shape index (κ3) is 2.10. The molecule has 0 N–H and O–H groups in total. The highest BCUT2D eigenvalue weighted by atomic mass is 32.2. The number of hydrogen-bond donors (Lipinski definition) is 0. The lowest BCUT2D eigenvalue weighted by atomic mass is 10.1. The van der Waals surface area contributed by atoms with Crippen LogP contribution in [0.15, 0.2) is 23.2 Å². The van der Waals surface area contributed by atoms with Crippen molar-refractivity contribution in [2.24, 2.45) is 4.99 Å². The van der Waals surface area contributed by atoms with Gasteiger partial charge in [-0.3, -0.25) is 14.8 Å². The zero-order chi connectivity index (χ0) is 13.3. The van der Waals surface area contributed by atoms with Crippen LogP contribution in [0, 0.1) is 13.8 Å². The van der Waals surface area contributed by atoms with Crippen molar-refractivity contribution in [1.82, 2.24) is 4.90 Å². The van der Waals surface area contributed by atoms with Crippen molar-refractivity contribution < 1.29 is 4.79 Å². The number of hydrogen-bond acceptors (Lipinski definition) is 3. The SMILES string of the molecule is CN=C1SCN(c2c(C)cccc2C)C(=O)N1C. The van der Waals surface area contributed by atoms with Gasteiger partial charge >= 0.3 is 6.03 Å². The average molecular weight is 263 g/mol. The fourth-order valence-corrected chi connectivity index (χ4v) is 3.03. The highest BCUT2D eigenvalue weighted by Gasteiger charge is 2.30. The Kier molecular flexibility index (Phi) is 3.61. The van der Waals surface area contributed by atoms with Crippen molar-refractivity contribution in [1.29, 1.82) is 0 Å². The predicted molar refractivity (Wildman–Crippen MR) is 77.4 cm³/mol. The van der Waals surface area contributed by atoms with Crippen LogP contribution in [-0.4, -0.2) is 36.1 Å². The Bertz CT molecular complexity index is 493. The van der Waals surface area contributed by atoms with Gasteiger partial charge in [0.2, 0.25) is 0 Å². The van der Waals surface area contributed by atoms with Gasteiger partial charge < -0.3 is 0 Å². The van der Waals surface area contributed by atoms with Gasteiger partial charge in [-0.25, -0.2) is 4.79 Å². The van der Waals surface area contributed by atoms with Crippen LogP contribution < -0.4 is 4.90 Å². The second kappa shape index (κ2) is 5.02. The molecule has 1 aromatic carbocycles. The molecule has 0 atom stereocenters. The van der Waals surface area contributed by atoms with Crippen LogP contribution >= 0.6 is 11.8 Å². The van der Waals surface area contributed by atoms with Gasteiger partial charge in [-0.1, -0.05) is 30.0 Å². The zero-order valence-electron chi connectivity index (χ0n) is 11.1. The van der Waals surface area contributed by atoms with Crippen molar-refractivity contribution in [3.63, 3.8) is 0 Å². The summed E-state index contributed by atoms with van der Waals surface area (Å²) < 4.78 is 0. The second-order valence-corrected chi connectivity index (χ2v) is 5.20. The number of aliphatic imine (C=N–C) groups is 1. The maximum absolute atomic E-state index is 12.4. The third-order valence-corrected chi connectivity index (χ3v) is 4.13. The van der Waals surface area contributed by atoms with Gasteiger partial charge in [0, 0.05) is 14.1 Å². The number of amidine groups is 1. The fraction of sp³-hybridized carbons (Fsp3) is 0.385. The Balaban J connectivity index is 2.39. The van der Waals surface area contributed by atoms with E-state index in [1.54, 1.807) is 30.8 Å². The molecule has 1 heterocycles. The third-order valence-electron chi connectivity index (χ3n) is 3.03. The minimum absolute atomic E-state index is 0.0215. The van der Waals surface area contributed by atoms with Gasteiger partial charge in [0.25, 0.3) is 0 Å². The summed E-state index contributed by atoms with van der Waals surface area (Å²) in [6, 6.07) is 6.05. The Morgan fingerprint density at radius 1 is 1.28 bits per heavy atom. The van der Waals surface area contributed by atoms with E-state index < -0.39 is 0 Å². The minimum Gasteiger partial charge on any atom is -0.283 e. The van der Waals surface area contributed by atoms with Crippen LogP contribution in [0.25, 0.3) is 0 Å². The first-order chi connectivity index (χ1) is 8.56. The lowest BCUT2D eigenvalue weighted by Gasteiger charge is -2.34. The Labute approximate surface area is 112 Å². The topological polar surface area (TPSA) is 35.9 Å². The Morgan fingerprint density at radius 3 is 2.44 bits per heavy atom. The lowest BCUT2D eigenvalue weighted by molar-refractivity contribution is 0.233. The van der Waals surface area contributed by atoms with Gasteiger partial charge in [0.05, 0.1) is 11.6 Å². The molecule has 96 valence electrons. The maximum atomic E-state index is 12.4. The van der Waals surface area contributed by atoms with E-state index >= 15 is 0 Å². The number of thioether (sulfide) groups is 1. The molecule has 1 aromatic rings. The monoisotopic (exact) mass is 263 g/mol. The number of benzene rings is 1. The molecule has 1 aliphatic rings. The molecule has 2 amide bonds. The number of carbonyl (C=O) groups excluding carboxylic acids is 1. The Morgan fingerprint density at radius 2 is 1.89 bits per heavy atom. The normalized spacial score (nSPS) is 18.7. The smallest absolute Gasteiger partial charge is 0.283 e. The van der Waals surface area contributed by atoms with E-state index in [0.717, 1.165) is 22.0 Å². The maximum Gasteiger partial charge on any atom is 0.331 e. The van der Waals surface area contributed by atoms with Crippen LogP contribution in [0.1, 0.15) is 11.1 Å². The summed E-state index contributed by atoms with van der Waals surface area (Å²) in [6.07, 6.45) is 0. The molecule has 0 aliphatic carbocycles. The predicted octanol–water partition coefficient (Wildman–Crippen LogP) is 2.85. The van der Waals surface area contributed by atoms with Gasteiger partial charge in [-0.2, -0.15) is 0 Å². The van der Waals surface area contributed by atoms with Crippen LogP contribution in [0.2, 0.25) is 0 Å². The molecule has 4 nitrogen and oxygen atoms in total. The second-order valence-electron chi connectivity index (χ2n) is 4.29. The van der Waals surface area contributed by atoms with Gasteiger partial charge in [0.1, 0.15) is 0 Å².